The van der Waals surface area contributed by atoms with Crippen LogP contribution in [0.25, 0.3) is 65.7 Å². The summed E-state index contributed by atoms with van der Waals surface area (Å²) in [6, 6.07) is 53.2. The number of anilines is 1. The fraction of sp³-hybridized carbons (Fsp3) is 0. The maximum atomic E-state index is 15.1. The molecule has 0 spiro atoms. The number of imide groups is 1. The molecule has 0 bridgehead atoms. The second kappa shape index (κ2) is 11.6. The Kier molecular flexibility index (Phi) is 6.75. The van der Waals surface area contributed by atoms with Crippen LogP contribution in [0.2, 0.25) is 0 Å². The Balaban J connectivity index is 1.32. The molecule has 0 fully saturated rings. The maximum absolute atomic E-state index is 15.1. The first-order valence-corrected chi connectivity index (χ1v) is 16.4. The van der Waals surface area contributed by atoms with E-state index in [1.165, 1.54) is 4.90 Å². The molecule has 8 aromatic rings. The van der Waals surface area contributed by atoms with E-state index in [9.17, 15) is 4.79 Å². The zero-order chi connectivity index (χ0) is 33.8. The lowest BCUT2D eigenvalue weighted by Gasteiger charge is -2.24. The van der Waals surface area contributed by atoms with Gasteiger partial charge >= 0.3 is 0 Å². The maximum Gasteiger partial charge on any atom is 0.268 e. The molecule has 9 rings (SSSR count). The van der Waals surface area contributed by atoms with Gasteiger partial charge in [0.25, 0.3) is 11.8 Å². The Morgan fingerprint density at radius 1 is 0.460 bits per heavy atom. The molecule has 2 heterocycles. The van der Waals surface area contributed by atoms with E-state index in [0.717, 1.165) is 55.2 Å². The number of carbonyl (C=O) groups excluding carboxylic acids is 2. The quantitative estimate of drug-likeness (QED) is 0.139. The third-order valence-corrected chi connectivity index (χ3v) is 9.53. The molecule has 1 aliphatic heterocycles. The zero-order valence-electron chi connectivity index (χ0n) is 26.7. The molecule has 5 nitrogen and oxygen atoms in total. The average molecular weight is 642 g/mol. The van der Waals surface area contributed by atoms with Crippen molar-refractivity contribution in [2.24, 2.45) is 0 Å². The minimum atomic E-state index is -0.383. The lowest BCUT2D eigenvalue weighted by molar-refractivity contribution is 0.0926. The first-order chi connectivity index (χ1) is 24.6. The molecule has 234 valence electrons. The van der Waals surface area contributed by atoms with Gasteiger partial charge in [-0.15, -0.1) is 0 Å². The number of nitrogens with zero attached hydrogens (tertiary/aromatic N) is 3. The van der Waals surface area contributed by atoms with Gasteiger partial charge in [0.1, 0.15) is 0 Å². The van der Waals surface area contributed by atoms with E-state index in [1.807, 2.05) is 132 Å². The van der Waals surface area contributed by atoms with E-state index in [-0.39, 0.29) is 11.8 Å². The number of hydrogen-bond acceptors (Lipinski definition) is 2. The summed E-state index contributed by atoms with van der Waals surface area (Å²) in [6.07, 6.45) is 0. The van der Waals surface area contributed by atoms with Crippen molar-refractivity contribution < 1.29 is 9.59 Å². The molecule has 0 aliphatic carbocycles. The van der Waals surface area contributed by atoms with E-state index in [0.29, 0.717) is 28.2 Å². The Labute approximate surface area is 288 Å². The first kappa shape index (κ1) is 29.1. The molecule has 0 atom stereocenters. The van der Waals surface area contributed by atoms with Crippen molar-refractivity contribution in [3.05, 3.63) is 186 Å². The highest BCUT2D eigenvalue weighted by Crippen LogP contribution is 2.47. The van der Waals surface area contributed by atoms with Crippen LogP contribution in [0.15, 0.2) is 164 Å². The normalized spacial score (nSPS) is 12.4. The SMILES string of the molecule is [C-]#[N+]c1ccc2c(c1)c1ccccc1n2-c1cccc2c1C(=O)N(c1c(-c3ccccc3)cc(-c3ccccc3)cc1-c1ccccc1)C2=O. The number of fused-ring (bicyclic) bond motifs is 4. The van der Waals surface area contributed by atoms with E-state index in [2.05, 4.69) is 29.1 Å². The molecular weight excluding hydrogens is 615 g/mol. The molecule has 5 heteroatoms. The smallest absolute Gasteiger partial charge is 0.268 e. The highest BCUT2D eigenvalue weighted by molar-refractivity contribution is 6.37. The van der Waals surface area contributed by atoms with E-state index in [1.54, 1.807) is 12.1 Å². The molecule has 1 aliphatic rings. The number of rotatable bonds is 5. The Hall–Kier alpha value is -7.03. The summed E-state index contributed by atoms with van der Waals surface area (Å²) in [5, 5.41) is 1.88. The summed E-state index contributed by atoms with van der Waals surface area (Å²) in [5.74, 6) is -0.754. The van der Waals surface area contributed by atoms with Gasteiger partial charge in [0.05, 0.1) is 40.1 Å². The predicted octanol–water partition coefficient (Wildman–Crippen LogP) is 11.1. The largest absolute Gasteiger partial charge is 0.309 e. The van der Waals surface area contributed by atoms with Crippen LogP contribution in [0, 0.1) is 6.57 Å². The van der Waals surface area contributed by atoms with Crippen molar-refractivity contribution in [3.8, 4) is 39.1 Å². The highest BCUT2D eigenvalue weighted by atomic mass is 16.2. The van der Waals surface area contributed by atoms with Crippen LogP contribution in [0.1, 0.15) is 20.7 Å². The Morgan fingerprint density at radius 3 is 1.68 bits per heavy atom. The van der Waals surface area contributed by atoms with Crippen LogP contribution in [-0.4, -0.2) is 16.4 Å². The average Bonchev–Trinajstić information content (AvgIpc) is 3.65. The highest BCUT2D eigenvalue weighted by Gasteiger charge is 2.41. The van der Waals surface area contributed by atoms with Crippen LogP contribution in [0.3, 0.4) is 0 Å². The van der Waals surface area contributed by atoms with Gasteiger partial charge in [0, 0.05) is 16.5 Å². The van der Waals surface area contributed by atoms with Crippen LogP contribution < -0.4 is 4.90 Å². The van der Waals surface area contributed by atoms with E-state index in [4.69, 9.17) is 6.57 Å². The van der Waals surface area contributed by atoms with Gasteiger partial charge in [-0.25, -0.2) is 9.74 Å². The van der Waals surface area contributed by atoms with Gasteiger partial charge in [0.2, 0.25) is 0 Å². The molecule has 2 amide bonds. The van der Waals surface area contributed by atoms with Crippen LogP contribution in [0.4, 0.5) is 11.4 Å². The monoisotopic (exact) mass is 641 g/mol. The molecule has 0 unspecified atom stereocenters. The third-order valence-electron chi connectivity index (χ3n) is 9.53. The number of amides is 2. The lowest BCUT2D eigenvalue weighted by atomic mass is 9.90. The van der Waals surface area contributed by atoms with E-state index >= 15 is 4.79 Å². The summed E-state index contributed by atoms with van der Waals surface area (Å²) in [4.78, 5) is 34.8. The van der Waals surface area contributed by atoms with Crippen molar-refractivity contribution in [1.29, 1.82) is 0 Å². The fourth-order valence-electron chi connectivity index (χ4n) is 7.30. The molecule has 1 aromatic heterocycles. The molecule has 0 N–H and O–H groups in total. The van der Waals surface area contributed by atoms with Crippen molar-refractivity contribution in [1.82, 2.24) is 4.57 Å². The van der Waals surface area contributed by atoms with Crippen molar-refractivity contribution in [3.63, 3.8) is 0 Å². The molecular formula is C45H27N3O2. The van der Waals surface area contributed by atoms with Gasteiger partial charge in [-0.1, -0.05) is 121 Å². The number of para-hydroxylation sites is 1. The van der Waals surface area contributed by atoms with Gasteiger partial charge in [-0.3, -0.25) is 9.59 Å². The summed E-state index contributed by atoms with van der Waals surface area (Å²) in [5.41, 5.74) is 9.51. The van der Waals surface area contributed by atoms with Gasteiger partial charge in [-0.05, 0) is 70.1 Å². The second-order valence-electron chi connectivity index (χ2n) is 12.3. The Bertz CT molecular complexity index is 2630. The first-order valence-electron chi connectivity index (χ1n) is 16.4. The standard InChI is InChI=1S/C45H27N3O2/c1-46-33-24-25-40-38(28-33)34-20-11-12-22-39(34)47(40)41-23-13-21-35-42(41)45(50)48(44(35)49)43-36(30-16-7-3-8-17-30)26-32(29-14-5-2-6-15-29)27-37(43)31-18-9-4-10-19-31/h2-28H. The van der Waals surface area contributed by atoms with Crippen molar-refractivity contribution in [2.45, 2.75) is 0 Å². The van der Waals surface area contributed by atoms with Crippen LogP contribution in [-0.2, 0) is 0 Å². The van der Waals surface area contributed by atoms with Gasteiger partial charge in [-0.2, -0.15) is 0 Å². The van der Waals surface area contributed by atoms with Gasteiger partial charge < -0.3 is 4.57 Å². The number of hydrogen-bond donors (Lipinski definition) is 0. The third kappa shape index (κ3) is 4.47. The molecule has 50 heavy (non-hydrogen) atoms. The molecule has 0 radical (unpaired) electrons. The number of benzene rings is 7. The van der Waals surface area contributed by atoms with Crippen molar-refractivity contribution in [2.75, 3.05) is 4.90 Å². The summed E-state index contributed by atoms with van der Waals surface area (Å²) in [6.45, 7) is 7.60. The van der Waals surface area contributed by atoms with Gasteiger partial charge in [0.15, 0.2) is 5.69 Å². The van der Waals surface area contributed by atoms with Crippen LogP contribution >= 0.6 is 0 Å². The minimum absolute atomic E-state index is 0.347. The Morgan fingerprint density at radius 2 is 1.04 bits per heavy atom. The summed E-state index contributed by atoms with van der Waals surface area (Å²) in [7, 11) is 0. The minimum Gasteiger partial charge on any atom is -0.309 e. The predicted molar refractivity (Wildman–Crippen MR) is 201 cm³/mol. The second-order valence-corrected chi connectivity index (χ2v) is 12.3. The molecule has 7 aromatic carbocycles. The molecule has 0 saturated heterocycles. The summed E-state index contributed by atoms with van der Waals surface area (Å²) >= 11 is 0. The van der Waals surface area contributed by atoms with Crippen molar-refractivity contribution >= 4 is 45.0 Å². The number of carbonyl (C=O) groups is 2. The zero-order valence-corrected chi connectivity index (χ0v) is 26.7. The lowest BCUT2D eigenvalue weighted by Crippen LogP contribution is -2.30. The van der Waals surface area contributed by atoms with E-state index < -0.39 is 0 Å². The number of aromatic nitrogens is 1. The van der Waals surface area contributed by atoms with Crippen LogP contribution in [0.5, 0.6) is 0 Å². The summed E-state index contributed by atoms with van der Waals surface area (Å²) < 4.78 is 2.04. The topological polar surface area (TPSA) is 46.7 Å². The fourth-order valence-corrected chi connectivity index (χ4v) is 7.30. The molecule has 0 saturated carbocycles.